The number of amides is 1. The predicted octanol–water partition coefficient (Wildman–Crippen LogP) is 3.06. The highest BCUT2D eigenvalue weighted by molar-refractivity contribution is 5.76. The number of hydrogen-bond donors (Lipinski definition) is 1. The van der Waals surface area contributed by atoms with Crippen molar-refractivity contribution in [2.45, 2.75) is 58.0 Å². The molecule has 0 radical (unpaired) electrons. The van der Waals surface area contributed by atoms with E-state index in [1.807, 2.05) is 30.3 Å². The van der Waals surface area contributed by atoms with Crippen LogP contribution in [0, 0.1) is 23.2 Å². The lowest BCUT2D eigenvalue weighted by Crippen LogP contribution is -2.56. The normalized spacial score (nSPS) is 32.4. The lowest BCUT2D eigenvalue weighted by atomic mass is 9.48. The maximum Gasteiger partial charge on any atom is 0.243 e. The molecule has 6 heteroatoms. The number of nitrogens with zero attached hydrogens (tertiary/aromatic N) is 4. The summed E-state index contributed by atoms with van der Waals surface area (Å²) in [5.41, 5.74) is 1.22. The van der Waals surface area contributed by atoms with Crippen molar-refractivity contribution < 1.29 is 4.79 Å². The van der Waals surface area contributed by atoms with Crippen molar-refractivity contribution in [2.24, 2.45) is 23.2 Å². The van der Waals surface area contributed by atoms with Gasteiger partial charge in [-0.2, -0.15) is 4.80 Å². The molecule has 4 bridgehead atoms. The Hall–Kier alpha value is -2.24. The molecular weight excluding hydrogens is 338 g/mol. The summed E-state index contributed by atoms with van der Waals surface area (Å²) in [4.78, 5) is 14.0. The van der Waals surface area contributed by atoms with E-state index in [2.05, 4.69) is 27.7 Å². The third kappa shape index (κ3) is 3.15. The first-order valence-electron chi connectivity index (χ1n) is 10.2. The Balaban J connectivity index is 1.23. The number of rotatable bonds is 5. The largest absolute Gasteiger partial charge is 0.351 e. The van der Waals surface area contributed by atoms with Crippen molar-refractivity contribution >= 4 is 5.91 Å². The molecule has 1 aromatic heterocycles. The summed E-state index contributed by atoms with van der Waals surface area (Å²) in [7, 11) is 0. The Bertz CT molecular complexity index is 795. The zero-order chi connectivity index (χ0) is 18.4. The van der Waals surface area contributed by atoms with Gasteiger partial charge >= 0.3 is 0 Å². The van der Waals surface area contributed by atoms with Crippen molar-refractivity contribution in [3.05, 3.63) is 30.3 Å². The summed E-state index contributed by atoms with van der Waals surface area (Å²) < 4.78 is 0. The maximum absolute atomic E-state index is 12.6. The second-order valence-corrected chi connectivity index (χ2v) is 9.08. The van der Waals surface area contributed by atoms with E-state index in [0.717, 1.165) is 23.3 Å². The van der Waals surface area contributed by atoms with E-state index in [4.69, 9.17) is 0 Å². The van der Waals surface area contributed by atoms with Gasteiger partial charge in [-0.1, -0.05) is 30.3 Å². The number of tetrazole rings is 1. The van der Waals surface area contributed by atoms with Gasteiger partial charge in [-0.15, -0.1) is 10.2 Å². The van der Waals surface area contributed by atoms with Gasteiger partial charge in [0.2, 0.25) is 11.7 Å². The van der Waals surface area contributed by atoms with Gasteiger partial charge in [-0.25, -0.2) is 0 Å². The molecule has 1 amide bonds. The van der Waals surface area contributed by atoms with Gasteiger partial charge in [-0.05, 0) is 73.8 Å². The standard InChI is InChI=1S/C21H27N5O/c1-14(21-10-15-7-16(11-21)9-17(8-15)12-21)22-19(27)13-26-24-20(23-25-26)18-5-3-2-4-6-18/h2-6,14-17H,7-13H2,1H3,(H,22,27)/t14-,15?,16?,17?,21?/m1/s1. The number of carbonyl (C=O) groups excluding carboxylic acids is 1. The Morgan fingerprint density at radius 2 is 1.78 bits per heavy atom. The van der Waals surface area contributed by atoms with Crippen molar-refractivity contribution in [2.75, 3.05) is 0 Å². The first kappa shape index (κ1) is 16.9. The lowest BCUT2D eigenvalue weighted by molar-refractivity contribution is -0.126. The van der Waals surface area contributed by atoms with E-state index in [-0.39, 0.29) is 18.5 Å². The molecule has 6 nitrogen and oxygen atoms in total. The lowest BCUT2D eigenvalue weighted by Gasteiger charge is -2.59. The van der Waals surface area contributed by atoms with Crippen LogP contribution in [0.25, 0.3) is 11.4 Å². The average Bonchev–Trinajstić information content (AvgIpc) is 3.09. The third-order valence-electron chi connectivity index (χ3n) is 7.15. The molecule has 0 aliphatic heterocycles. The summed E-state index contributed by atoms with van der Waals surface area (Å²) in [5.74, 6) is 3.20. The van der Waals surface area contributed by atoms with Crippen LogP contribution in [0.15, 0.2) is 30.3 Å². The summed E-state index contributed by atoms with van der Waals surface area (Å²) >= 11 is 0. The van der Waals surface area contributed by atoms with Crippen LogP contribution in [-0.2, 0) is 11.3 Å². The number of hydrogen-bond acceptors (Lipinski definition) is 4. The summed E-state index contributed by atoms with van der Waals surface area (Å²) in [5, 5.41) is 15.7. The molecule has 0 unspecified atom stereocenters. The molecule has 6 rings (SSSR count). The zero-order valence-corrected chi connectivity index (χ0v) is 15.8. The third-order valence-corrected chi connectivity index (χ3v) is 7.15. The Labute approximate surface area is 159 Å². The Morgan fingerprint density at radius 3 is 2.41 bits per heavy atom. The minimum Gasteiger partial charge on any atom is -0.351 e. The van der Waals surface area contributed by atoms with Gasteiger partial charge in [0.1, 0.15) is 6.54 Å². The van der Waals surface area contributed by atoms with Gasteiger partial charge in [-0.3, -0.25) is 4.79 Å². The first-order valence-corrected chi connectivity index (χ1v) is 10.2. The monoisotopic (exact) mass is 365 g/mol. The summed E-state index contributed by atoms with van der Waals surface area (Å²) in [6.45, 7) is 2.33. The summed E-state index contributed by atoms with van der Waals surface area (Å²) in [6.07, 6.45) is 8.14. The van der Waals surface area contributed by atoms with E-state index in [1.54, 1.807) is 0 Å². The number of benzene rings is 1. The van der Waals surface area contributed by atoms with Crippen LogP contribution in [0.1, 0.15) is 45.4 Å². The molecule has 4 saturated carbocycles. The van der Waals surface area contributed by atoms with Gasteiger partial charge < -0.3 is 5.32 Å². The van der Waals surface area contributed by atoms with Gasteiger partial charge in [0.15, 0.2) is 0 Å². The summed E-state index contributed by atoms with van der Waals surface area (Å²) in [6, 6.07) is 9.93. The SMILES string of the molecule is C[C@@H](NC(=O)Cn1nnc(-c2ccccc2)n1)C12CC3CC(CC(C3)C1)C2. The van der Waals surface area contributed by atoms with Crippen LogP contribution in [0.5, 0.6) is 0 Å². The molecule has 4 fully saturated rings. The molecule has 1 atom stereocenters. The number of nitrogens with one attached hydrogen (secondary N) is 1. The van der Waals surface area contributed by atoms with E-state index < -0.39 is 0 Å². The van der Waals surface area contributed by atoms with Gasteiger partial charge in [0, 0.05) is 11.6 Å². The molecule has 1 heterocycles. The zero-order valence-electron chi connectivity index (χ0n) is 15.8. The fourth-order valence-corrected chi connectivity index (χ4v) is 6.29. The van der Waals surface area contributed by atoms with Crippen LogP contribution in [0.2, 0.25) is 0 Å². The molecule has 27 heavy (non-hydrogen) atoms. The molecular formula is C21H27N5O. The van der Waals surface area contributed by atoms with Crippen LogP contribution in [0.4, 0.5) is 0 Å². The minimum absolute atomic E-state index is 0.0183. The van der Waals surface area contributed by atoms with Crippen LogP contribution in [0.3, 0.4) is 0 Å². The number of aromatic nitrogens is 4. The fraction of sp³-hybridized carbons (Fsp3) is 0.619. The highest BCUT2D eigenvalue weighted by atomic mass is 16.2. The van der Waals surface area contributed by atoms with Crippen LogP contribution >= 0.6 is 0 Å². The van der Waals surface area contributed by atoms with Crippen molar-refractivity contribution in [3.8, 4) is 11.4 Å². The molecule has 4 aliphatic rings. The maximum atomic E-state index is 12.6. The van der Waals surface area contributed by atoms with E-state index in [0.29, 0.717) is 11.2 Å². The topological polar surface area (TPSA) is 72.7 Å². The molecule has 0 saturated heterocycles. The molecule has 142 valence electrons. The molecule has 2 aromatic rings. The molecule has 4 aliphatic carbocycles. The minimum atomic E-state index is -0.0183. The van der Waals surface area contributed by atoms with E-state index >= 15 is 0 Å². The van der Waals surface area contributed by atoms with Crippen molar-refractivity contribution in [3.63, 3.8) is 0 Å². The molecule has 1 N–H and O–H groups in total. The van der Waals surface area contributed by atoms with Crippen LogP contribution in [-0.4, -0.2) is 32.2 Å². The second-order valence-electron chi connectivity index (χ2n) is 9.08. The van der Waals surface area contributed by atoms with E-state index in [9.17, 15) is 4.79 Å². The first-order chi connectivity index (χ1) is 13.1. The fourth-order valence-electron chi connectivity index (χ4n) is 6.29. The quantitative estimate of drug-likeness (QED) is 0.884. The van der Waals surface area contributed by atoms with Crippen molar-refractivity contribution in [1.29, 1.82) is 0 Å². The number of carbonyl (C=O) groups is 1. The molecule has 0 spiro atoms. The highest BCUT2D eigenvalue weighted by Crippen LogP contribution is 2.61. The molecule has 1 aromatic carbocycles. The van der Waals surface area contributed by atoms with Gasteiger partial charge in [0.25, 0.3) is 0 Å². The van der Waals surface area contributed by atoms with Gasteiger partial charge in [0.05, 0.1) is 0 Å². The Morgan fingerprint density at radius 1 is 1.15 bits per heavy atom. The van der Waals surface area contributed by atoms with Crippen LogP contribution < -0.4 is 5.32 Å². The second kappa shape index (κ2) is 6.43. The van der Waals surface area contributed by atoms with E-state index in [1.165, 1.54) is 43.3 Å². The smallest absolute Gasteiger partial charge is 0.243 e. The average molecular weight is 365 g/mol. The highest BCUT2D eigenvalue weighted by Gasteiger charge is 2.53. The van der Waals surface area contributed by atoms with Crippen molar-refractivity contribution in [1.82, 2.24) is 25.5 Å². The predicted molar refractivity (Wildman–Crippen MR) is 101 cm³/mol. The Kier molecular flexibility index (Phi) is 4.02.